The van der Waals surface area contributed by atoms with Crippen molar-refractivity contribution < 1.29 is 22.7 Å². The lowest BCUT2D eigenvalue weighted by Gasteiger charge is -2.19. The molecule has 1 amide bonds. The highest BCUT2D eigenvalue weighted by Gasteiger charge is 2.28. The first-order chi connectivity index (χ1) is 13.7. The van der Waals surface area contributed by atoms with Crippen LogP contribution in [0.2, 0.25) is 0 Å². The Morgan fingerprint density at radius 3 is 2.55 bits per heavy atom. The van der Waals surface area contributed by atoms with Crippen LogP contribution in [0.25, 0.3) is 22.4 Å². The number of aromatic nitrogens is 2. The van der Waals surface area contributed by atoms with E-state index in [1.807, 2.05) is 0 Å². The van der Waals surface area contributed by atoms with Crippen LogP contribution in [0.1, 0.15) is 12.6 Å². The van der Waals surface area contributed by atoms with Gasteiger partial charge in [-0.05, 0) is 48.9 Å². The number of amides is 1. The van der Waals surface area contributed by atoms with Gasteiger partial charge in [0.15, 0.2) is 6.61 Å². The lowest BCUT2D eigenvalue weighted by Crippen LogP contribution is -2.25. The van der Waals surface area contributed by atoms with E-state index in [-0.39, 0.29) is 12.5 Å². The number of hydrogen-bond acceptors (Lipinski definition) is 3. The van der Waals surface area contributed by atoms with Gasteiger partial charge in [-0.2, -0.15) is 5.10 Å². The van der Waals surface area contributed by atoms with Gasteiger partial charge in [-0.25, -0.2) is 13.2 Å². The minimum Gasteiger partial charge on any atom is -0.482 e. The minimum absolute atomic E-state index is 0.0598. The van der Waals surface area contributed by atoms with Gasteiger partial charge >= 0.3 is 0 Å². The third-order valence-electron chi connectivity index (χ3n) is 4.57. The second kappa shape index (κ2) is 6.95. The summed E-state index contributed by atoms with van der Waals surface area (Å²) in [7, 11) is 0. The summed E-state index contributed by atoms with van der Waals surface area (Å²) in [5.74, 6) is -3.15. The maximum Gasteiger partial charge on any atom is 0.264 e. The number of aryl methyl sites for hydroxylation is 1. The van der Waals surface area contributed by atoms with Crippen molar-refractivity contribution in [3.05, 3.63) is 54.0 Å². The summed E-state index contributed by atoms with van der Waals surface area (Å²) < 4.78 is 47.6. The van der Waals surface area contributed by atoms with Crippen molar-refractivity contribution in [2.75, 3.05) is 11.9 Å². The van der Waals surface area contributed by atoms with Crippen molar-refractivity contribution in [3.63, 3.8) is 0 Å². The summed E-state index contributed by atoms with van der Waals surface area (Å²) in [5.41, 5.74) is 3.35. The number of rotatable bonds is 4. The van der Waals surface area contributed by atoms with Crippen LogP contribution in [-0.2, 0) is 11.3 Å². The zero-order chi connectivity index (χ0) is 20.8. The quantitative estimate of drug-likeness (QED) is 0.692. The number of carbonyl (C=O) groups excluding carboxylic acids is 1. The van der Waals surface area contributed by atoms with Crippen molar-refractivity contribution in [1.82, 2.24) is 9.78 Å². The third kappa shape index (κ3) is 3.83. The molecule has 2 aromatic carbocycles. The highest BCUT2D eigenvalue weighted by molar-refractivity contribution is 5.97. The van der Waals surface area contributed by atoms with Gasteiger partial charge < -0.3 is 10.1 Å². The van der Waals surface area contributed by atoms with E-state index in [1.54, 1.807) is 25.1 Å². The molecule has 1 N–H and O–H groups in total. The normalized spacial score (nSPS) is 13.6. The summed E-state index contributed by atoms with van der Waals surface area (Å²) in [5, 5.41) is 7.06. The van der Waals surface area contributed by atoms with E-state index in [9.17, 15) is 18.0 Å². The highest BCUT2D eigenvalue weighted by atomic mass is 19.3. The van der Waals surface area contributed by atoms with Crippen molar-refractivity contribution in [3.8, 4) is 28.1 Å². The SMILES string of the molecule is Cc1nn(CC(C)(F)F)c(-c2ccc(F)cc2)c1-c1ccc2c(c1)NC(=O)CO2. The summed E-state index contributed by atoms with van der Waals surface area (Å²) in [6.07, 6.45) is 0. The van der Waals surface area contributed by atoms with Crippen LogP contribution < -0.4 is 10.1 Å². The number of ether oxygens (including phenoxy) is 1. The molecule has 0 aliphatic carbocycles. The number of benzene rings is 2. The third-order valence-corrected chi connectivity index (χ3v) is 4.57. The van der Waals surface area contributed by atoms with Gasteiger partial charge in [-0.3, -0.25) is 9.48 Å². The van der Waals surface area contributed by atoms with Gasteiger partial charge in [0, 0.05) is 18.1 Å². The zero-order valence-electron chi connectivity index (χ0n) is 15.8. The predicted molar refractivity (Wildman–Crippen MR) is 103 cm³/mol. The second-order valence-corrected chi connectivity index (χ2v) is 7.09. The zero-order valence-corrected chi connectivity index (χ0v) is 15.8. The van der Waals surface area contributed by atoms with E-state index in [2.05, 4.69) is 10.4 Å². The molecule has 0 unspecified atom stereocenters. The van der Waals surface area contributed by atoms with Crippen LogP contribution in [0.5, 0.6) is 5.75 Å². The Morgan fingerprint density at radius 2 is 1.86 bits per heavy atom. The molecule has 0 spiro atoms. The number of nitrogens with one attached hydrogen (secondary N) is 1. The van der Waals surface area contributed by atoms with E-state index in [1.165, 1.54) is 28.9 Å². The number of nitrogens with zero attached hydrogens (tertiary/aromatic N) is 2. The fourth-order valence-corrected chi connectivity index (χ4v) is 3.44. The Balaban J connectivity index is 1.90. The van der Waals surface area contributed by atoms with Gasteiger partial charge in [0.05, 0.1) is 17.1 Å². The molecule has 0 saturated carbocycles. The molecule has 1 aliphatic heterocycles. The summed E-state index contributed by atoms with van der Waals surface area (Å²) in [6, 6.07) is 10.8. The van der Waals surface area contributed by atoms with Crippen LogP contribution >= 0.6 is 0 Å². The topological polar surface area (TPSA) is 56.2 Å². The fraction of sp³-hybridized carbons (Fsp3) is 0.238. The largest absolute Gasteiger partial charge is 0.482 e. The van der Waals surface area contributed by atoms with E-state index in [0.717, 1.165) is 6.92 Å². The van der Waals surface area contributed by atoms with Gasteiger partial charge in [0.2, 0.25) is 0 Å². The van der Waals surface area contributed by atoms with E-state index in [0.29, 0.717) is 39.5 Å². The van der Waals surface area contributed by atoms with E-state index in [4.69, 9.17) is 4.74 Å². The second-order valence-electron chi connectivity index (χ2n) is 7.09. The number of carbonyl (C=O) groups is 1. The van der Waals surface area contributed by atoms with Crippen molar-refractivity contribution in [2.45, 2.75) is 26.3 Å². The Kier molecular flexibility index (Phi) is 4.56. The summed E-state index contributed by atoms with van der Waals surface area (Å²) >= 11 is 0. The Hall–Kier alpha value is -3.29. The number of halogens is 3. The molecule has 5 nitrogen and oxygen atoms in total. The summed E-state index contributed by atoms with van der Waals surface area (Å²) in [4.78, 5) is 11.7. The number of alkyl halides is 2. The van der Waals surface area contributed by atoms with Gasteiger partial charge in [-0.1, -0.05) is 6.07 Å². The predicted octanol–water partition coefficient (Wildman–Crippen LogP) is 4.65. The number of anilines is 1. The van der Waals surface area contributed by atoms with E-state index < -0.39 is 18.3 Å². The van der Waals surface area contributed by atoms with Crippen LogP contribution in [0, 0.1) is 12.7 Å². The smallest absolute Gasteiger partial charge is 0.264 e. The van der Waals surface area contributed by atoms with E-state index >= 15 is 0 Å². The molecule has 0 saturated heterocycles. The molecule has 1 aromatic heterocycles. The first kappa shape index (κ1) is 19.0. The molecule has 0 radical (unpaired) electrons. The Morgan fingerprint density at radius 1 is 1.17 bits per heavy atom. The van der Waals surface area contributed by atoms with Crippen LogP contribution in [0.4, 0.5) is 18.9 Å². The van der Waals surface area contributed by atoms with Gasteiger partial charge in [-0.15, -0.1) is 0 Å². The van der Waals surface area contributed by atoms with Gasteiger partial charge in [0.25, 0.3) is 11.8 Å². The molecule has 1 aliphatic rings. The van der Waals surface area contributed by atoms with Crippen molar-refractivity contribution >= 4 is 11.6 Å². The molecular weight excluding hydrogens is 383 g/mol. The molecule has 4 rings (SSSR count). The Bertz CT molecular complexity index is 1090. The number of hydrogen-bond donors (Lipinski definition) is 1. The molecule has 3 aromatic rings. The van der Waals surface area contributed by atoms with Crippen molar-refractivity contribution in [2.24, 2.45) is 0 Å². The minimum atomic E-state index is -2.98. The maximum absolute atomic E-state index is 13.8. The van der Waals surface area contributed by atoms with Crippen LogP contribution in [0.3, 0.4) is 0 Å². The first-order valence-corrected chi connectivity index (χ1v) is 8.99. The van der Waals surface area contributed by atoms with Gasteiger partial charge in [0.1, 0.15) is 18.1 Å². The molecule has 0 bridgehead atoms. The Labute approximate surface area is 165 Å². The fourth-order valence-electron chi connectivity index (χ4n) is 3.44. The van der Waals surface area contributed by atoms with Crippen molar-refractivity contribution in [1.29, 1.82) is 0 Å². The maximum atomic E-state index is 13.8. The standard InChI is InChI=1S/C21H18F3N3O2/c1-12-19(14-5-8-17-16(9-14)25-18(28)10-29-17)20(13-3-6-15(22)7-4-13)27(26-12)11-21(2,23)24/h3-9H,10-11H2,1-2H3,(H,25,28). The monoisotopic (exact) mass is 401 g/mol. The average molecular weight is 401 g/mol. The molecule has 0 atom stereocenters. The van der Waals surface area contributed by atoms with Crippen LogP contribution in [0.15, 0.2) is 42.5 Å². The number of fused-ring (bicyclic) bond motifs is 1. The lowest BCUT2D eigenvalue weighted by atomic mass is 9.98. The highest BCUT2D eigenvalue weighted by Crippen LogP contribution is 2.39. The molecular formula is C21H18F3N3O2. The molecule has 8 heteroatoms. The molecule has 0 fully saturated rings. The summed E-state index contributed by atoms with van der Waals surface area (Å²) in [6.45, 7) is 1.87. The lowest BCUT2D eigenvalue weighted by molar-refractivity contribution is -0.118. The van der Waals surface area contributed by atoms with Crippen LogP contribution in [-0.4, -0.2) is 28.2 Å². The molecule has 29 heavy (non-hydrogen) atoms. The first-order valence-electron chi connectivity index (χ1n) is 8.99. The molecule has 2 heterocycles. The molecule has 150 valence electrons. The average Bonchev–Trinajstić information content (AvgIpc) is 2.95.